The molecule has 49 heavy (non-hydrogen) atoms. The lowest BCUT2D eigenvalue weighted by atomic mass is 9.99. The van der Waals surface area contributed by atoms with Gasteiger partial charge in [0.05, 0.1) is 48.7 Å². The molecule has 0 saturated carbocycles. The Morgan fingerprint density at radius 3 is 2.37 bits per heavy atom. The van der Waals surface area contributed by atoms with E-state index in [0.717, 1.165) is 24.3 Å². The van der Waals surface area contributed by atoms with Gasteiger partial charge in [-0.05, 0) is 60.4 Å². The van der Waals surface area contributed by atoms with Crippen molar-refractivity contribution >= 4 is 23.4 Å². The number of carbonyl (C=O) groups excluding carboxylic acids is 3. The highest BCUT2D eigenvalue weighted by molar-refractivity contribution is 6.24. The molecule has 6 rings (SSSR count). The number of rotatable bonds is 13. The van der Waals surface area contributed by atoms with Crippen LogP contribution in [0, 0.1) is 0 Å². The van der Waals surface area contributed by atoms with E-state index in [4.69, 9.17) is 9.47 Å². The summed E-state index contributed by atoms with van der Waals surface area (Å²) in [7, 11) is 3.11. The lowest BCUT2D eigenvalue weighted by Gasteiger charge is -2.40. The van der Waals surface area contributed by atoms with Crippen molar-refractivity contribution in [2.24, 2.45) is 0 Å². The van der Waals surface area contributed by atoms with Crippen LogP contribution < -0.4 is 19.7 Å². The topological polar surface area (TPSA) is 104 Å². The number of amides is 3. The summed E-state index contributed by atoms with van der Waals surface area (Å²) in [5.41, 5.74) is 3.99. The number of imide groups is 1. The van der Waals surface area contributed by atoms with Gasteiger partial charge in [-0.2, -0.15) is 0 Å². The van der Waals surface area contributed by atoms with Crippen LogP contribution in [0.2, 0.25) is 0 Å². The summed E-state index contributed by atoms with van der Waals surface area (Å²) in [5, 5.41) is 2.93. The SMILES string of the molecule is C=C[C@H](c1ccccc1)N1CCN(c2cccc3c2C(=O)N([C@H](CCCNC(=O)c2cccnc2)c2ccc(OC)c(OC)c2)C3=O)CC1. The first-order chi connectivity index (χ1) is 23.9. The highest BCUT2D eigenvalue weighted by Gasteiger charge is 2.43. The van der Waals surface area contributed by atoms with Gasteiger partial charge in [-0.25, -0.2) is 0 Å². The van der Waals surface area contributed by atoms with Crippen molar-refractivity contribution in [2.45, 2.75) is 24.9 Å². The first-order valence-electron chi connectivity index (χ1n) is 16.5. The number of piperazine rings is 1. The standard InChI is InChI=1S/C39H41N5O5/c1-4-31(27-11-6-5-7-12-27)42-21-23-43(24-22-42)33-15-8-14-30-36(33)39(47)44(38(30)46)32(28-17-18-34(48-2)35(25-28)49-3)16-10-20-41-37(45)29-13-9-19-40-26-29/h4-9,11-15,17-19,25-26,31-32H,1,10,16,20-24H2,2-3H3,(H,41,45)/t31-,32-/m1/s1. The molecular weight excluding hydrogens is 618 g/mol. The third-order valence-electron chi connectivity index (χ3n) is 9.30. The summed E-state index contributed by atoms with van der Waals surface area (Å²) < 4.78 is 11.0. The number of nitrogens with one attached hydrogen (secondary N) is 1. The van der Waals surface area contributed by atoms with Gasteiger partial charge >= 0.3 is 0 Å². The van der Waals surface area contributed by atoms with Crippen LogP contribution in [0.3, 0.4) is 0 Å². The molecule has 0 unspecified atom stereocenters. The van der Waals surface area contributed by atoms with E-state index in [1.807, 2.05) is 48.5 Å². The molecule has 252 valence electrons. The predicted octanol–water partition coefficient (Wildman–Crippen LogP) is 5.70. The molecule has 0 radical (unpaired) electrons. The number of pyridine rings is 1. The number of carbonyl (C=O) groups is 3. The van der Waals surface area contributed by atoms with E-state index in [1.165, 1.54) is 16.7 Å². The Morgan fingerprint density at radius 1 is 0.898 bits per heavy atom. The Kier molecular flexibility index (Phi) is 10.3. The van der Waals surface area contributed by atoms with Gasteiger partial charge < -0.3 is 19.7 Å². The molecule has 0 bridgehead atoms. The molecule has 3 heterocycles. The van der Waals surface area contributed by atoms with E-state index in [9.17, 15) is 14.4 Å². The van der Waals surface area contributed by atoms with Crippen LogP contribution in [0.1, 0.15) is 67.1 Å². The van der Waals surface area contributed by atoms with Gasteiger partial charge in [0.2, 0.25) is 0 Å². The molecule has 2 atom stereocenters. The Balaban J connectivity index is 1.23. The maximum absolute atomic E-state index is 14.4. The molecule has 2 aliphatic heterocycles. The average molecular weight is 660 g/mol. The van der Waals surface area contributed by atoms with Gasteiger partial charge in [-0.15, -0.1) is 6.58 Å². The second-order valence-corrected chi connectivity index (χ2v) is 12.1. The minimum atomic E-state index is -0.605. The van der Waals surface area contributed by atoms with Crippen molar-refractivity contribution in [1.29, 1.82) is 0 Å². The largest absolute Gasteiger partial charge is 0.493 e. The smallest absolute Gasteiger partial charge is 0.264 e. The molecule has 0 aliphatic carbocycles. The Labute approximate surface area is 287 Å². The first kappa shape index (κ1) is 33.4. The molecule has 4 aromatic rings. The summed E-state index contributed by atoms with van der Waals surface area (Å²) in [6, 6.07) is 24.2. The molecule has 10 heteroatoms. The number of fused-ring (bicyclic) bond motifs is 1. The second kappa shape index (κ2) is 15.2. The predicted molar refractivity (Wildman–Crippen MR) is 188 cm³/mol. The molecule has 2 aliphatic rings. The van der Waals surface area contributed by atoms with E-state index in [0.29, 0.717) is 60.7 Å². The minimum Gasteiger partial charge on any atom is -0.493 e. The van der Waals surface area contributed by atoms with E-state index in [2.05, 4.69) is 38.8 Å². The maximum Gasteiger partial charge on any atom is 0.264 e. The maximum atomic E-state index is 14.4. The third kappa shape index (κ3) is 6.91. The highest BCUT2D eigenvalue weighted by atomic mass is 16.5. The summed E-state index contributed by atoms with van der Waals surface area (Å²) in [6.45, 7) is 7.40. The zero-order valence-corrected chi connectivity index (χ0v) is 27.9. The van der Waals surface area contributed by atoms with E-state index in [1.54, 1.807) is 44.7 Å². The number of aromatic nitrogens is 1. The Bertz CT molecular complexity index is 1810. The van der Waals surface area contributed by atoms with Crippen LogP contribution in [0.25, 0.3) is 0 Å². The monoisotopic (exact) mass is 659 g/mol. The minimum absolute atomic E-state index is 0.0972. The Morgan fingerprint density at radius 2 is 1.67 bits per heavy atom. The summed E-state index contributed by atoms with van der Waals surface area (Å²) in [4.78, 5) is 51.2. The molecule has 1 fully saturated rings. The van der Waals surface area contributed by atoms with Crippen LogP contribution >= 0.6 is 0 Å². The van der Waals surface area contributed by atoms with Crippen molar-refractivity contribution < 1.29 is 23.9 Å². The molecule has 1 aromatic heterocycles. The van der Waals surface area contributed by atoms with Gasteiger partial charge in [0, 0.05) is 45.1 Å². The fourth-order valence-electron chi connectivity index (χ4n) is 6.82. The number of ether oxygens (including phenoxy) is 2. The van der Waals surface area contributed by atoms with Crippen LogP contribution in [0.5, 0.6) is 11.5 Å². The highest BCUT2D eigenvalue weighted by Crippen LogP contribution is 2.40. The van der Waals surface area contributed by atoms with Crippen LogP contribution in [-0.4, -0.2) is 79.4 Å². The average Bonchev–Trinajstić information content (AvgIpc) is 3.41. The van der Waals surface area contributed by atoms with Crippen LogP contribution in [0.4, 0.5) is 5.69 Å². The molecular formula is C39H41N5O5. The van der Waals surface area contributed by atoms with Gasteiger partial charge in [0.1, 0.15) is 0 Å². The van der Waals surface area contributed by atoms with Gasteiger partial charge in [-0.3, -0.25) is 29.2 Å². The molecule has 0 spiro atoms. The molecule has 3 aromatic carbocycles. The van der Waals surface area contributed by atoms with Gasteiger partial charge in [0.15, 0.2) is 11.5 Å². The van der Waals surface area contributed by atoms with Crippen molar-refractivity contribution in [3.8, 4) is 11.5 Å². The third-order valence-corrected chi connectivity index (χ3v) is 9.30. The van der Waals surface area contributed by atoms with Gasteiger partial charge in [-0.1, -0.05) is 48.5 Å². The zero-order chi connectivity index (χ0) is 34.3. The van der Waals surface area contributed by atoms with E-state index >= 15 is 0 Å². The molecule has 1 saturated heterocycles. The van der Waals surface area contributed by atoms with Crippen LogP contribution in [-0.2, 0) is 0 Å². The normalized spacial score (nSPS) is 15.8. The van der Waals surface area contributed by atoms with E-state index in [-0.39, 0.29) is 23.8 Å². The number of methoxy groups -OCH3 is 2. The zero-order valence-electron chi connectivity index (χ0n) is 27.9. The molecule has 1 N–H and O–H groups in total. The summed E-state index contributed by atoms with van der Waals surface area (Å²) in [5.74, 6) is 0.146. The second-order valence-electron chi connectivity index (χ2n) is 12.1. The summed E-state index contributed by atoms with van der Waals surface area (Å²) in [6.07, 6.45) is 6.04. The van der Waals surface area contributed by atoms with Crippen molar-refractivity contribution in [3.63, 3.8) is 0 Å². The molecule has 3 amide bonds. The number of anilines is 1. The lowest BCUT2D eigenvalue weighted by Crippen LogP contribution is -2.47. The fourth-order valence-corrected chi connectivity index (χ4v) is 6.82. The number of hydrogen-bond donors (Lipinski definition) is 1. The van der Waals surface area contributed by atoms with Crippen molar-refractivity contribution in [3.05, 3.63) is 132 Å². The van der Waals surface area contributed by atoms with Gasteiger partial charge in [0.25, 0.3) is 17.7 Å². The number of hydrogen-bond acceptors (Lipinski definition) is 8. The van der Waals surface area contributed by atoms with Crippen LogP contribution in [0.15, 0.2) is 104 Å². The fraction of sp³-hybridized carbons (Fsp3) is 0.282. The Hall–Kier alpha value is -5.48. The van der Waals surface area contributed by atoms with Crippen molar-refractivity contribution in [1.82, 2.24) is 20.1 Å². The van der Waals surface area contributed by atoms with E-state index < -0.39 is 6.04 Å². The number of benzene rings is 3. The summed E-state index contributed by atoms with van der Waals surface area (Å²) >= 11 is 0. The lowest BCUT2D eigenvalue weighted by molar-refractivity contribution is 0.0570. The van der Waals surface area contributed by atoms with Crippen molar-refractivity contribution in [2.75, 3.05) is 51.8 Å². The molecule has 10 nitrogen and oxygen atoms in total. The number of nitrogens with zero attached hydrogens (tertiary/aromatic N) is 4. The first-order valence-corrected chi connectivity index (χ1v) is 16.5. The quantitative estimate of drug-likeness (QED) is 0.111.